The molecule has 0 spiro atoms. The molecule has 140 valence electrons. The Kier molecular flexibility index (Phi) is 10.7. The second-order valence-electron chi connectivity index (χ2n) is 4.50. The summed E-state index contributed by atoms with van der Waals surface area (Å²) >= 11 is 0. The summed E-state index contributed by atoms with van der Waals surface area (Å²) in [5, 5.41) is 15.6. The highest BCUT2D eigenvalue weighted by Gasteiger charge is 2.03. The number of hydrogen-bond donors (Lipinski definition) is 3. The average Bonchev–Trinajstić information content (AvgIpc) is 2.65. The normalized spacial score (nSPS) is 9.12. The summed E-state index contributed by atoms with van der Waals surface area (Å²) in [4.78, 5) is 10.6. The lowest BCUT2D eigenvalue weighted by Gasteiger charge is -2.02. The summed E-state index contributed by atoms with van der Waals surface area (Å²) in [5.74, 6) is -0.853. The van der Waals surface area contributed by atoms with Crippen molar-refractivity contribution >= 4 is 23.4 Å². The molecule has 2 aromatic carbocycles. The van der Waals surface area contributed by atoms with Gasteiger partial charge in [-0.05, 0) is 47.5 Å². The summed E-state index contributed by atoms with van der Waals surface area (Å²) in [6.45, 7) is 4.83. The molecule has 2 rings (SSSR count). The molecule has 0 aliphatic rings. The van der Waals surface area contributed by atoms with Gasteiger partial charge in [0, 0.05) is 11.9 Å². The van der Waals surface area contributed by atoms with Crippen molar-refractivity contribution in [3.05, 3.63) is 66.2 Å². The fourth-order valence-electron chi connectivity index (χ4n) is 1.58. The van der Waals surface area contributed by atoms with E-state index in [-0.39, 0.29) is 11.3 Å². The van der Waals surface area contributed by atoms with E-state index >= 15 is 0 Å². The monoisotopic (exact) mass is 364 g/mol. The third-order valence-electron chi connectivity index (χ3n) is 2.76. The molecule has 0 atom stereocenters. The molecule has 0 saturated carbocycles. The van der Waals surface area contributed by atoms with Crippen LogP contribution in [-0.2, 0) is 0 Å². The quantitative estimate of drug-likeness (QED) is 0.517. The molecule has 0 unspecified atom stereocenters. The number of allylic oxidation sites excluding steroid dienone is 1. The van der Waals surface area contributed by atoms with Crippen LogP contribution in [0.3, 0.4) is 0 Å². The van der Waals surface area contributed by atoms with Crippen LogP contribution in [0.1, 0.15) is 29.8 Å². The van der Waals surface area contributed by atoms with Crippen molar-refractivity contribution in [2.24, 2.45) is 0 Å². The molecule has 0 aromatic heterocycles. The Balaban J connectivity index is 0.000000444. The van der Waals surface area contributed by atoms with E-state index in [9.17, 15) is 13.6 Å². The van der Waals surface area contributed by atoms with E-state index < -0.39 is 12.6 Å². The maximum Gasteiger partial charge on any atom is 0.387 e. The molecule has 2 aromatic rings. The Morgan fingerprint density at radius 1 is 1.19 bits per heavy atom. The van der Waals surface area contributed by atoms with Gasteiger partial charge in [-0.15, -0.1) is 0 Å². The molecule has 26 heavy (non-hydrogen) atoms. The van der Waals surface area contributed by atoms with Crippen LogP contribution >= 0.6 is 0 Å². The first-order valence-corrected chi connectivity index (χ1v) is 7.67. The topological polar surface area (TPSA) is 96.4 Å². The first-order valence-electron chi connectivity index (χ1n) is 7.67. The van der Waals surface area contributed by atoms with E-state index in [1.807, 2.05) is 13.8 Å². The molecule has 0 aliphatic carbocycles. The van der Waals surface area contributed by atoms with Crippen LogP contribution in [0.5, 0.6) is 5.75 Å². The number of nitrogen functional groups attached to an aromatic ring is 1. The van der Waals surface area contributed by atoms with Crippen LogP contribution in [0.4, 0.5) is 14.5 Å². The summed E-state index contributed by atoms with van der Waals surface area (Å²) in [6.07, 6.45) is 1.10. The third-order valence-corrected chi connectivity index (χ3v) is 2.76. The zero-order valence-corrected chi connectivity index (χ0v) is 14.6. The minimum atomic E-state index is -2.78. The van der Waals surface area contributed by atoms with Crippen LogP contribution in [0.15, 0.2) is 55.1 Å². The molecule has 4 N–H and O–H groups in total. The number of aromatic carboxylic acids is 1. The van der Waals surface area contributed by atoms with E-state index in [2.05, 4.69) is 11.3 Å². The fraction of sp³-hybridized carbons (Fsp3) is 0.158. The Morgan fingerprint density at radius 3 is 2.19 bits per heavy atom. The number of carboxylic acids is 1. The van der Waals surface area contributed by atoms with Crippen molar-refractivity contribution in [3.8, 4) is 5.75 Å². The van der Waals surface area contributed by atoms with Gasteiger partial charge in [0.2, 0.25) is 0 Å². The number of ether oxygens (including phenoxy) is 1. The van der Waals surface area contributed by atoms with Gasteiger partial charge < -0.3 is 21.0 Å². The lowest BCUT2D eigenvalue weighted by molar-refractivity contribution is -0.0498. The number of nitrogens with two attached hydrogens (primary N) is 1. The van der Waals surface area contributed by atoms with E-state index in [4.69, 9.17) is 16.2 Å². The molecule has 0 aliphatic heterocycles. The van der Waals surface area contributed by atoms with Gasteiger partial charge in [-0.1, -0.05) is 32.6 Å². The van der Waals surface area contributed by atoms with Crippen LogP contribution < -0.4 is 10.5 Å². The SMILES string of the molecule is C=C(C=N)c1cccc(C(=O)O)c1.CC.Nc1ccc(OC(F)F)cc1. The maximum absolute atomic E-state index is 11.6. The summed E-state index contributed by atoms with van der Waals surface area (Å²) in [5.41, 5.74) is 7.21. The number of anilines is 1. The number of hydrogen-bond acceptors (Lipinski definition) is 4. The van der Waals surface area contributed by atoms with Crippen molar-refractivity contribution in [2.45, 2.75) is 20.5 Å². The zero-order chi connectivity index (χ0) is 20.1. The number of nitrogens with one attached hydrogen (secondary N) is 1. The van der Waals surface area contributed by atoms with Crippen molar-refractivity contribution < 1.29 is 23.4 Å². The number of alkyl halides is 2. The van der Waals surface area contributed by atoms with Gasteiger partial charge in [0.25, 0.3) is 0 Å². The molecular weight excluding hydrogens is 342 g/mol. The molecule has 0 bridgehead atoms. The Labute approximate surface area is 151 Å². The minimum Gasteiger partial charge on any atom is -0.478 e. The number of carbonyl (C=O) groups is 1. The van der Waals surface area contributed by atoms with Crippen molar-refractivity contribution in [1.82, 2.24) is 0 Å². The first kappa shape index (κ1) is 22.8. The first-order chi connectivity index (χ1) is 12.3. The number of rotatable bonds is 5. The summed E-state index contributed by atoms with van der Waals surface area (Å²) < 4.78 is 27.2. The van der Waals surface area contributed by atoms with E-state index in [0.29, 0.717) is 16.8 Å². The van der Waals surface area contributed by atoms with Crippen molar-refractivity contribution in [1.29, 1.82) is 5.41 Å². The zero-order valence-electron chi connectivity index (χ0n) is 14.6. The Bertz CT molecular complexity index is 717. The predicted molar refractivity (Wildman–Crippen MR) is 100 cm³/mol. The lowest BCUT2D eigenvalue weighted by Crippen LogP contribution is -2.01. The third kappa shape index (κ3) is 8.58. The van der Waals surface area contributed by atoms with E-state index in [1.165, 1.54) is 36.4 Å². The smallest absolute Gasteiger partial charge is 0.387 e. The summed E-state index contributed by atoms with van der Waals surface area (Å²) in [7, 11) is 0. The van der Waals surface area contributed by atoms with E-state index in [0.717, 1.165) is 6.21 Å². The summed E-state index contributed by atoms with van der Waals surface area (Å²) in [6, 6.07) is 12.1. The average molecular weight is 364 g/mol. The molecule has 0 heterocycles. The van der Waals surface area contributed by atoms with Crippen LogP contribution in [0, 0.1) is 5.41 Å². The standard InChI is InChI=1S/C10H9NO2.C7H7F2NO.C2H6/c1-7(6-11)8-3-2-4-9(5-8)10(12)13;8-7(9)11-6-3-1-5(10)2-4-6;1-2/h2-6,11H,1H2,(H,12,13);1-4,7H,10H2;1-2H3. The van der Waals surface area contributed by atoms with Gasteiger partial charge in [-0.3, -0.25) is 0 Å². The van der Waals surface area contributed by atoms with Gasteiger partial charge in [0.05, 0.1) is 5.56 Å². The fourth-order valence-corrected chi connectivity index (χ4v) is 1.58. The molecule has 0 amide bonds. The van der Waals surface area contributed by atoms with Gasteiger partial charge in [-0.25, -0.2) is 4.79 Å². The number of benzene rings is 2. The molecular formula is C19H22F2N2O3. The van der Waals surface area contributed by atoms with Crippen LogP contribution in [-0.4, -0.2) is 23.9 Å². The Hall–Kier alpha value is -3.22. The van der Waals surface area contributed by atoms with Crippen LogP contribution in [0.2, 0.25) is 0 Å². The molecule has 0 radical (unpaired) electrons. The van der Waals surface area contributed by atoms with Crippen LogP contribution in [0.25, 0.3) is 5.57 Å². The predicted octanol–water partition coefficient (Wildman–Crippen LogP) is 4.94. The maximum atomic E-state index is 11.6. The highest BCUT2D eigenvalue weighted by Crippen LogP contribution is 2.15. The second-order valence-corrected chi connectivity index (χ2v) is 4.50. The van der Waals surface area contributed by atoms with Crippen molar-refractivity contribution in [3.63, 3.8) is 0 Å². The van der Waals surface area contributed by atoms with Gasteiger partial charge in [0.1, 0.15) is 5.75 Å². The van der Waals surface area contributed by atoms with Crippen molar-refractivity contribution in [2.75, 3.05) is 5.73 Å². The molecule has 5 nitrogen and oxygen atoms in total. The van der Waals surface area contributed by atoms with E-state index in [1.54, 1.807) is 12.1 Å². The second kappa shape index (κ2) is 12.2. The highest BCUT2D eigenvalue weighted by atomic mass is 19.3. The minimum absolute atomic E-state index is 0.120. The van der Waals surface area contributed by atoms with Gasteiger partial charge in [0.15, 0.2) is 0 Å². The highest BCUT2D eigenvalue weighted by molar-refractivity contribution is 6.07. The number of halogens is 2. The largest absolute Gasteiger partial charge is 0.478 e. The molecule has 0 saturated heterocycles. The lowest BCUT2D eigenvalue weighted by atomic mass is 10.1. The van der Waals surface area contributed by atoms with Gasteiger partial charge >= 0.3 is 12.6 Å². The molecule has 7 heteroatoms. The Morgan fingerprint density at radius 2 is 1.73 bits per heavy atom. The molecule has 0 fully saturated rings. The number of carboxylic acid groups (broad SMARTS) is 1. The van der Waals surface area contributed by atoms with Gasteiger partial charge in [-0.2, -0.15) is 8.78 Å².